The molecule has 152 valence electrons. The van der Waals surface area contributed by atoms with Gasteiger partial charge in [-0.05, 0) is 24.1 Å². The van der Waals surface area contributed by atoms with E-state index in [1.807, 2.05) is 0 Å². The lowest BCUT2D eigenvalue weighted by Crippen LogP contribution is -2.30. The molecule has 0 aliphatic carbocycles. The number of ketones is 1. The van der Waals surface area contributed by atoms with Crippen LogP contribution in [0.25, 0.3) is 0 Å². The molecule has 0 bridgehead atoms. The van der Waals surface area contributed by atoms with Gasteiger partial charge in [0, 0.05) is 6.42 Å². The molecule has 2 heterocycles. The van der Waals surface area contributed by atoms with E-state index in [-0.39, 0.29) is 29.7 Å². The number of amidine groups is 1. The lowest BCUT2D eigenvalue weighted by Gasteiger charge is -2.27. The Bertz CT molecular complexity index is 1010. The number of anilines is 1. The molecule has 0 spiro atoms. The molecule has 1 aromatic heterocycles. The summed E-state index contributed by atoms with van der Waals surface area (Å²) in [7, 11) is 0. The minimum Gasteiger partial charge on any atom is -0.428 e. The summed E-state index contributed by atoms with van der Waals surface area (Å²) in [6.45, 7) is 0.891. The van der Waals surface area contributed by atoms with Gasteiger partial charge in [-0.1, -0.05) is 24.3 Å². The van der Waals surface area contributed by atoms with E-state index in [9.17, 15) is 18.0 Å². The number of benzene rings is 1. The highest BCUT2D eigenvalue weighted by atomic mass is 19.3. The second kappa shape index (κ2) is 7.90. The number of nitrogens with zero attached hydrogens (tertiary/aromatic N) is 3. The van der Waals surface area contributed by atoms with Gasteiger partial charge >= 0.3 is 0 Å². The normalized spacial score (nSPS) is 18.8. The Morgan fingerprint density at radius 2 is 2.07 bits per heavy atom. The van der Waals surface area contributed by atoms with Crippen molar-refractivity contribution >= 4 is 17.6 Å². The standard InChI is InChI=1S/C19H18F3N5O2/c1-19(7-12(8-20)29-18(24)27-19)11-4-2-3-10(5-11)6-14(28)15-17(23)26-13(9-25-15)16(21)22/h2-5,7,9,16H,6,8H2,1H3,(H2,23,26)(H2,24,27)/t19-/m0/s1. The summed E-state index contributed by atoms with van der Waals surface area (Å²) >= 11 is 0. The van der Waals surface area contributed by atoms with Crippen molar-refractivity contribution in [2.75, 3.05) is 12.4 Å². The average Bonchev–Trinajstić information content (AvgIpc) is 2.67. The molecular formula is C19H18F3N5O2. The van der Waals surface area contributed by atoms with Crippen LogP contribution in [0.5, 0.6) is 0 Å². The van der Waals surface area contributed by atoms with Gasteiger partial charge < -0.3 is 16.2 Å². The molecule has 0 unspecified atom stereocenters. The molecule has 1 aliphatic rings. The van der Waals surface area contributed by atoms with Gasteiger partial charge in [-0.15, -0.1) is 0 Å². The maximum absolute atomic E-state index is 13.0. The van der Waals surface area contributed by atoms with Gasteiger partial charge in [0.25, 0.3) is 12.4 Å². The van der Waals surface area contributed by atoms with Crippen LogP contribution >= 0.6 is 0 Å². The molecule has 1 aliphatic heterocycles. The Morgan fingerprint density at radius 1 is 1.31 bits per heavy atom. The van der Waals surface area contributed by atoms with Crippen molar-refractivity contribution in [3.05, 3.63) is 64.8 Å². The minimum atomic E-state index is -2.83. The molecule has 0 saturated carbocycles. The van der Waals surface area contributed by atoms with Crippen LogP contribution in [-0.4, -0.2) is 28.4 Å². The van der Waals surface area contributed by atoms with E-state index in [4.69, 9.17) is 16.2 Å². The first-order valence-corrected chi connectivity index (χ1v) is 8.56. The van der Waals surface area contributed by atoms with E-state index in [2.05, 4.69) is 15.0 Å². The van der Waals surface area contributed by atoms with Crippen LogP contribution in [0, 0.1) is 0 Å². The van der Waals surface area contributed by atoms with Gasteiger partial charge in [0.2, 0.25) is 0 Å². The second-order valence-corrected chi connectivity index (χ2v) is 6.57. The summed E-state index contributed by atoms with van der Waals surface area (Å²) in [5.74, 6) is -0.787. The lowest BCUT2D eigenvalue weighted by molar-refractivity contribution is 0.0987. The predicted molar refractivity (Wildman–Crippen MR) is 100.0 cm³/mol. The highest BCUT2D eigenvalue weighted by Gasteiger charge is 2.30. The number of carbonyl (C=O) groups is 1. The Morgan fingerprint density at radius 3 is 2.72 bits per heavy atom. The number of aliphatic imine (C=N–C) groups is 1. The first kappa shape index (κ1) is 20.3. The molecule has 29 heavy (non-hydrogen) atoms. The van der Waals surface area contributed by atoms with Crippen LogP contribution in [0.4, 0.5) is 19.0 Å². The maximum Gasteiger partial charge on any atom is 0.288 e. The zero-order valence-electron chi connectivity index (χ0n) is 15.4. The van der Waals surface area contributed by atoms with E-state index in [1.54, 1.807) is 31.2 Å². The summed E-state index contributed by atoms with van der Waals surface area (Å²) in [4.78, 5) is 24.0. The van der Waals surface area contributed by atoms with Gasteiger partial charge in [-0.3, -0.25) is 4.79 Å². The fourth-order valence-electron chi connectivity index (χ4n) is 2.98. The van der Waals surface area contributed by atoms with Crippen molar-refractivity contribution in [1.29, 1.82) is 0 Å². The van der Waals surface area contributed by atoms with Crippen LogP contribution in [-0.2, 0) is 16.7 Å². The van der Waals surface area contributed by atoms with E-state index in [0.717, 1.165) is 6.20 Å². The van der Waals surface area contributed by atoms with Crippen LogP contribution < -0.4 is 11.5 Å². The zero-order valence-corrected chi connectivity index (χ0v) is 15.4. The summed E-state index contributed by atoms with van der Waals surface area (Å²) in [5, 5.41) is 0. The highest BCUT2D eigenvalue weighted by Crippen LogP contribution is 2.32. The molecule has 1 aromatic carbocycles. The summed E-state index contributed by atoms with van der Waals surface area (Å²) in [6, 6.07) is 6.72. The fourth-order valence-corrected chi connectivity index (χ4v) is 2.98. The number of aromatic nitrogens is 2. The number of ether oxygens (including phenoxy) is 1. The van der Waals surface area contributed by atoms with Crippen molar-refractivity contribution in [2.45, 2.75) is 25.3 Å². The van der Waals surface area contributed by atoms with Crippen molar-refractivity contribution in [3.8, 4) is 0 Å². The van der Waals surface area contributed by atoms with Crippen LogP contribution in [0.2, 0.25) is 0 Å². The lowest BCUT2D eigenvalue weighted by atomic mass is 9.89. The predicted octanol–water partition coefficient (Wildman–Crippen LogP) is 2.84. The van der Waals surface area contributed by atoms with Gasteiger partial charge in [-0.25, -0.2) is 28.1 Å². The highest BCUT2D eigenvalue weighted by molar-refractivity contribution is 5.99. The van der Waals surface area contributed by atoms with Gasteiger partial charge in [-0.2, -0.15) is 0 Å². The van der Waals surface area contributed by atoms with E-state index in [1.165, 1.54) is 6.08 Å². The van der Waals surface area contributed by atoms with Crippen molar-refractivity contribution in [3.63, 3.8) is 0 Å². The number of halogens is 3. The molecule has 7 nitrogen and oxygen atoms in total. The Labute approximate surface area is 164 Å². The third-order valence-corrected chi connectivity index (χ3v) is 4.33. The molecule has 3 rings (SSSR count). The molecule has 2 aromatic rings. The number of rotatable bonds is 6. The van der Waals surface area contributed by atoms with E-state index in [0.29, 0.717) is 11.1 Å². The summed E-state index contributed by atoms with van der Waals surface area (Å²) < 4.78 is 43.4. The Balaban J connectivity index is 1.86. The minimum absolute atomic E-state index is 0.0450. The molecule has 1 atom stereocenters. The fraction of sp³-hybridized carbons (Fsp3) is 0.263. The molecule has 0 amide bonds. The third-order valence-electron chi connectivity index (χ3n) is 4.33. The van der Waals surface area contributed by atoms with Crippen LogP contribution in [0.3, 0.4) is 0 Å². The Hall–Kier alpha value is -3.43. The molecule has 0 radical (unpaired) electrons. The summed E-state index contributed by atoms with van der Waals surface area (Å²) in [5.41, 5.74) is 10.8. The SMILES string of the molecule is C[C@@]1(c2cccc(CC(=O)c3ncc(C(F)F)nc3N)c2)C=C(CF)OC(N)=N1. The first-order chi connectivity index (χ1) is 13.7. The zero-order chi connectivity index (χ0) is 21.2. The molecule has 0 saturated heterocycles. The molecular weight excluding hydrogens is 387 g/mol. The van der Waals surface area contributed by atoms with Crippen molar-refractivity contribution < 1.29 is 22.7 Å². The molecule has 4 N–H and O–H groups in total. The third kappa shape index (κ3) is 4.36. The first-order valence-electron chi connectivity index (χ1n) is 8.56. The number of carbonyl (C=O) groups excluding carboxylic acids is 1. The quantitative estimate of drug-likeness (QED) is 0.714. The van der Waals surface area contributed by atoms with Crippen LogP contribution in [0.1, 0.15) is 40.7 Å². The average molecular weight is 405 g/mol. The monoisotopic (exact) mass is 405 g/mol. The van der Waals surface area contributed by atoms with E-state index >= 15 is 0 Å². The van der Waals surface area contributed by atoms with Gasteiger partial charge in [0.05, 0.1) is 6.20 Å². The van der Waals surface area contributed by atoms with Crippen molar-refractivity contribution in [1.82, 2.24) is 9.97 Å². The number of nitrogen functional groups attached to an aromatic ring is 1. The molecule has 0 fully saturated rings. The number of hydrogen-bond acceptors (Lipinski definition) is 7. The summed E-state index contributed by atoms with van der Waals surface area (Å²) in [6.07, 6.45) is -0.585. The second-order valence-electron chi connectivity index (χ2n) is 6.57. The number of nitrogens with two attached hydrogens (primary N) is 2. The number of Topliss-reactive ketones (excluding diaryl/α,β-unsaturated/α-hetero) is 1. The number of allylic oxidation sites excluding steroid dienone is 1. The van der Waals surface area contributed by atoms with Crippen LogP contribution in [0.15, 0.2) is 47.3 Å². The van der Waals surface area contributed by atoms with Gasteiger partial charge in [0.15, 0.2) is 11.6 Å². The maximum atomic E-state index is 13.0. The van der Waals surface area contributed by atoms with Crippen molar-refractivity contribution in [2.24, 2.45) is 10.7 Å². The Kier molecular flexibility index (Phi) is 5.53. The smallest absolute Gasteiger partial charge is 0.288 e. The number of alkyl halides is 3. The molecule has 10 heteroatoms. The van der Waals surface area contributed by atoms with Gasteiger partial charge in [0.1, 0.15) is 29.4 Å². The van der Waals surface area contributed by atoms with E-state index < -0.39 is 30.1 Å². The number of hydrogen-bond donors (Lipinski definition) is 2. The topological polar surface area (TPSA) is 116 Å². The largest absolute Gasteiger partial charge is 0.428 e.